The van der Waals surface area contributed by atoms with E-state index in [0.717, 1.165) is 4.90 Å². The van der Waals surface area contributed by atoms with Crippen LogP contribution in [-0.2, 0) is 20.8 Å². The van der Waals surface area contributed by atoms with E-state index in [9.17, 15) is 14.4 Å². The Labute approximate surface area is 138 Å². The molecule has 1 fully saturated rings. The van der Waals surface area contributed by atoms with Crippen molar-refractivity contribution in [2.45, 2.75) is 17.8 Å². The zero-order valence-corrected chi connectivity index (χ0v) is 13.1. The average molecular weight is 359 g/mol. The summed E-state index contributed by atoms with van der Waals surface area (Å²) in [5.41, 5.74) is 5.43. The van der Waals surface area contributed by atoms with Crippen molar-refractivity contribution in [2.24, 2.45) is 0 Å². The number of thioether (sulfide) groups is 1. The number of amides is 2. The predicted octanol–water partition coefficient (Wildman–Crippen LogP) is -0.266. The lowest BCUT2D eigenvalue weighted by atomic mass is 10.0. The third kappa shape index (κ3) is 2.75. The third-order valence-electron chi connectivity index (χ3n) is 3.35. The van der Waals surface area contributed by atoms with Crippen molar-refractivity contribution in [3.05, 3.63) is 22.7 Å². The van der Waals surface area contributed by atoms with Crippen LogP contribution in [0.25, 0.3) is 0 Å². The summed E-state index contributed by atoms with van der Waals surface area (Å²) in [6, 6.07) is -0.844. The number of rotatable bonds is 4. The second-order valence-corrected chi connectivity index (χ2v) is 6.43. The second-order valence-electron chi connectivity index (χ2n) is 4.87. The van der Waals surface area contributed by atoms with Crippen LogP contribution in [0.3, 0.4) is 0 Å². The smallest absolute Gasteiger partial charge is 0.353 e. The maximum atomic E-state index is 12.1. The van der Waals surface area contributed by atoms with Gasteiger partial charge in [-0.25, -0.2) is 4.79 Å². The molecule has 2 atom stereocenters. The van der Waals surface area contributed by atoms with Gasteiger partial charge in [0.25, 0.3) is 11.9 Å². The molecule has 1 aromatic rings. The molecule has 0 bridgehead atoms. The van der Waals surface area contributed by atoms with E-state index in [4.69, 9.17) is 26.9 Å². The average Bonchev–Trinajstić information content (AvgIpc) is 2.89. The summed E-state index contributed by atoms with van der Waals surface area (Å²) in [5.74, 6) is -1.94. The van der Waals surface area contributed by atoms with E-state index in [2.05, 4.69) is 10.3 Å². The number of nitrogen functional groups attached to an aromatic ring is 1. The van der Waals surface area contributed by atoms with Crippen LogP contribution in [0, 0.1) is 0 Å². The number of nitrogens with one attached hydrogen (secondary N) is 1. The molecule has 11 heteroatoms. The SMILES string of the molecule is Nc1nc(CC(=O)N[C@@H]2C(=O)N3C(C(=O)O)=C(Cl)CS[C@H]23)co1. The number of carbonyl (C=O) groups is 3. The lowest BCUT2D eigenvalue weighted by Gasteiger charge is -2.48. The molecule has 1 aromatic heterocycles. The van der Waals surface area contributed by atoms with E-state index in [-0.39, 0.29) is 28.9 Å². The van der Waals surface area contributed by atoms with Gasteiger partial charge in [0.2, 0.25) is 5.91 Å². The number of carboxylic acid groups (broad SMARTS) is 1. The number of hydrogen-bond acceptors (Lipinski definition) is 7. The van der Waals surface area contributed by atoms with Gasteiger partial charge in [0.1, 0.15) is 23.4 Å². The van der Waals surface area contributed by atoms with Crippen LogP contribution in [0.1, 0.15) is 5.69 Å². The molecule has 23 heavy (non-hydrogen) atoms. The van der Waals surface area contributed by atoms with Crippen molar-refractivity contribution in [1.82, 2.24) is 15.2 Å². The minimum absolute atomic E-state index is 0.0487. The molecule has 3 heterocycles. The number of aromatic nitrogens is 1. The van der Waals surface area contributed by atoms with Crippen LogP contribution >= 0.6 is 23.4 Å². The van der Waals surface area contributed by atoms with Crippen molar-refractivity contribution in [1.29, 1.82) is 0 Å². The number of fused-ring (bicyclic) bond motifs is 1. The van der Waals surface area contributed by atoms with Gasteiger partial charge >= 0.3 is 5.97 Å². The van der Waals surface area contributed by atoms with Crippen molar-refractivity contribution >= 4 is 47.2 Å². The van der Waals surface area contributed by atoms with Gasteiger partial charge in [0, 0.05) is 5.75 Å². The lowest BCUT2D eigenvalue weighted by Crippen LogP contribution is -2.70. The molecule has 0 unspecified atom stereocenters. The Bertz CT molecular complexity index is 733. The van der Waals surface area contributed by atoms with Crippen molar-refractivity contribution in [3.8, 4) is 0 Å². The molecule has 2 aliphatic heterocycles. The van der Waals surface area contributed by atoms with Gasteiger partial charge < -0.3 is 20.6 Å². The Balaban J connectivity index is 1.66. The van der Waals surface area contributed by atoms with Gasteiger partial charge in [-0.2, -0.15) is 4.98 Å². The first-order valence-corrected chi connectivity index (χ1v) is 7.87. The van der Waals surface area contributed by atoms with Gasteiger partial charge in [0.15, 0.2) is 0 Å². The van der Waals surface area contributed by atoms with Crippen LogP contribution in [-0.4, -0.2) is 49.9 Å². The van der Waals surface area contributed by atoms with Crippen LogP contribution in [0.2, 0.25) is 0 Å². The minimum atomic E-state index is -1.27. The topological polar surface area (TPSA) is 139 Å². The van der Waals surface area contributed by atoms with Gasteiger partial charge in [-0.1, -0.05) is 11.6 Å². The second kappa shape index (κ2) is 5.78. The number of anilines is 1. The molecule has 1 saturated heterocycles. The molecule has 0 saturated carbocycles. The zero-order valence-electron chi connectivity index (χ0n) is 11.5. The van der Waals surface area contributed by atoms with Crippen LogP contribution in [0.4, 0.5) is 6.01 Å². The molecule has 0 radical (unpaired) electrons. The minimum Gasteiger partial charge on any atom is -0.477 e. The summed E-state index contributed by atoms with van der Waals surface area (Å²) >= 11 is 7.16. The highest BCUT2D eigenvalue weighted by Crippen LogP contribution is 2.41. The fraction of sp³-hybridized carbons (Fsp3) is 0.333. The summed E-state index contributed by atoms with van der Waals surface area (Å²) in [6.07, 6.45) is 1.16. The molecule has 0 aliphatic carbocycles. The Morgan fingerprint density at radius 2 is 2.35 bits per heavy atom. The molecule has 9 nitrogen and oxygen atoms in total. The number of aliphatic carboxylic acids is 1. The quantitative estimate of drug-likeness (QED) is 0.625. The largest absolute Gasteiger partial charge is 0.477 e. The lowest BCUT2D eigenvalue weighted by molar-refractivity contribution is -0.150. The Morgan fingerprint density at radius 3 is 2.96 bits per heavy atom. The van der Waals surface area contributed by atoms with Crippen molar-refractivity contribution in [2.75, 3.05) is 11.5 Å². The Hall–Kier alpha value is -2.20. The molecule has 122 valence electrons. The van der Waals surface area contributed by atoms with Gasteiger partial charge in [-0.3, -0.25) is 14.5 Å². The van der Waals surface area contributed by atoms with Gasteiger partial charge in [-0.05, 0) is 0 Å². The monoisotopic (exact) mass is 358 g/mol. The highest BCUT2D eigenvalue weighted by Gasteiger charge is 2.54. The highest BCUT2D eigenvalue weighted by molar-refractivity contribution is 8.00. The Morgan fingerprint density at radius 1 is 1.61 bits per heavy atom. The van der Waals surface area contributed by atoms with Crippen LogP contribution in [0.15, 0.2) is 21.4 Å². The number of halogens is 1. The number of nitrogens with two attached hydrogens (primary N) is 1. The number of β-lactam (4-membered cyclic amide) rings is 1. The third-order valence-corrected chi connectivity index (χ3v) is 5.10. The molecule has 0 aromatic carbocycles. The summed E-state index contributed by atoms with van der Waals surface area (Å²) in [6.45, 7) is 0. The molecule has 3 rings (SSSR count). The maximum absolute atomic E-state index is 12.1. The molecule has 2 aliphatic rings. The standard InChI is InChI=1S/C12H11ClN4O5S/c13-5-3-23-10-7(9(19)17(10)8(5)11(20)21)16-6(18)1-4-2-22-12(14)15-4/h2,7,10H,1,3H2,(H2,14,15)(H,16,18)(H,20,21)/t7-,10-/m1/s1. The highest BCUT2D eigenvalue weighted by atomic mass is 35.5. The molecule has 2 amide bonds. The summed E-state index contributed by atoms with van der Waals surface area (Å²) in [5, 5.41) is 11.3. The molecular weight excluding hydrogens is 348 g/mol. The normalized spacial score (nSPS) is 23.3. The molecule has 4 N–H and O–H groups in total. The predicted molar refractivity (Wildman–Crippen MR) is 80.2 cm³/mol. The van der Waals surface area contributed by atoms with E-state index in [0.29, 0.717) is 5.69 Å². The Kier molecular flexibility index (Phi) is 3.94. The number of oxazole rings is 1. The fourth-order valence-electron chi connectivity index (χ4n) is 2.37. The van der Waals surface area contributed by atoms with E-state index in [1.807, 2.05) is 0 Å². The fourth-order valence-corrected chi connectivity index (χ4v) is 3.92. The first kappa shape index (κ1) is 15.7. The van der Waals surface area contributed by atoms with E-state index in [1.165, 1.54) is 18.0 Å². The van der Waals surface area contributed by atoms with Crippen molar-refractivity contribution in [3.63, 3.8) is 0 Å². The zero-order chi connectivity index (χ0) is 16.7. The molecular formula is C12H11ClN4O5S. The first-order valence-electron chi connectivity index (χ1n) is 6.44. The first-order chi connectivity index (χ1) is 10.9. The summed E-state index contributed by atoms with van der Waals surface area (Å²) in [7, 11) is 0. The summed E-state index contributed by atoms with van der Waals surface area (Å²) in [4.78, 5) is 40.2. The van der Waals surface area contributed by atoms with Crippen LogP contribution < -0.4 is 11.1 Å². The number of carbonyl (C=O) groups excluding carboxylic acids is 2. The van der Waals surface area contributed by atoms with E-state index < -0.39 is 29.2 Å². The molecule has 0 spiro atoms. The van der Waals surface area contributed by atoms with E-state index >= 15 is 0 Å². The van der Waals surface area contributed by atoms with Crippen LogP contribution in [0.5, 0.6) is 0 Å². The maximum Gasteiger partial charge on any atom is 0.353 e. The van der Waals surface area contributed by atoms with Gasteiger partial charge in [-0.15, -0.1) is 11.8 Å². The van der Waals surface area contributed by atoms with Gasteiger partial charge in [0.05, 0.1) is 17.1 Å². The number of carboxylic acids is 1. The number of nitrogens with zero attached hydrogens (tertiary/aromatic N) is 2. The van der Waals surface area contributed by atoms with Crippen molar-refractivity contribution < 1.29 is 23.9 Å². The summed E-state index contributed by atoms with van der Waals surface area (Å²) < 4.78 is 4.79. The number of hydrogen-bond donors (Lipinski definition) is 3. The van der Waals surface area contributed by atoms with E-state index in [1.54, 1.807) is 0 Å².